The van der Waals surface area contributed by atoms with Crippen LogP contribution in [0.25, 0.3) is 0 Å². The number of ether oxygens (including phenoxy) is 2. The van der Waals surface area contributed by atoms with Gasteiger partial charge in [0.15, 0.2) is 5.16 Å². The summed E-state index contributed by atoms with van der Waals surface area (Å²) in [5.74, 6) is 1.82. The molecular weight excluding hydrogens is 519 g/mol. The molecule has 0 aliphatic carbocycles. The number of nitrogens with one attached hydrogen (secondary N) is 1. The number of carbonyl (C=O) groups is 1. The van der Waals surface area contributed by atoms with Crippen LogP contribution in [0.1, 0.15) is 12.2 Å². The normalized spacial score (nSPS) is 10.7. The van der Waals surface area contributed by atoms with E-state index in [4.69, 9.17) is 44.3 Å². The highest BCUT2D eigenvalue weighted by atomic mass is 35.5. The molecule has 0 saturated heterocycles. The van der Waals surface area contributed by atoms with Crippen molar-refractivity contribution in [2.45, 2.75) is 24.5 Å². The SMILES string of the molecule is C=CCn1c(CCCOc2ccc(Cl)cc2Cl)nnc1SCC(=O)Nc1cc(Cl)ccc1OC. The monoisotopic (exact) mass is 540 g/mol. The number of anilines is 1. The van der Waals surface area contributed by atoms with Gasteiger partial charge >= 0.3 is 0 Å². The summed E-state index contributed by atoms with van der Waals surface area (Å²) in [4.78, 5) is 12.5. The summed E-state index contributed by atoms with van der Waals surface area (Å²) < 4.78 is 12.9. The van der Waals surface area contributed by atoms with E-state index in [1.807, 2.05) is 4.57 Å². The van der Waals surface area contributed by atoms with Crippen LogP contribution in [0.5, 0.6) is 11.5 Å². The Balaban J connectivity index is 1.55. The second-order valence-electron chi connectivity index (χ2n) is 7.01. The molecule has 2 aromatic carbocycles. The highest BCUT2D eigenvalue weighted by Gasteiger charge is 2.15. The van der Waals surface area contributed by atoms with Gasteiger partial charge in [-0.25, -0.2) is 0 Å². The third-order valence-corrected chi connectivity index (χ3v) is 6.30. The Hall–Kier alpha value is -2.39. The lowest BCUT2D eigenvalue weighted by Gasteiger charge is -2.11. The number of amides is 1. The van der Waals surface area contributed by atoms with E-state index in [0.29, 0.717) is 63.4 Å². The number of benzene rings is 2. The number of thioether (sulfide) groups is 1. The average Bonchev–Trinajstić information content (AvgIpc) is 3.18. The maximum atomic E-state index is 12.5. The molecule has 1 amide bonds. The van der Waals surface area contributed by atoms with Crippen LogP contribution in [-0.4, -0.2) is 40.1 Å². The number of hydrogen-bond donors (Lipinski definition) is 1. The van der Waals surface area contributed by atoms with Crippen molar-refractivity contribution in [2.75, 3.05) is 24.8 Å². The minimum atomic E-state index is -0.214. The fourth-order valence-electron chi connectivity index (χ4n) is 3.02. The first kappa shape index (κ1) is 26.2. The van der Waals surface area contributed by atoms with Gasteiger partial charge in [0.2, 0.25) is 5.91 Å². The summed E-state index contributed by atoms with van der Waals surface area (Å²) in [7, 11) is 1.53. The van der Waals surface area contributed by atoms with Gasteiger partial charge in [-0.05, 0) is 42.8 Å². The van der Waals surface area contributed by atoms with Gasteiger partial charge in [-0.2, -0.15) is 0 Å². The third-order valence-electron chi connectivity index (χ3n) is 4.57. The molecule has 0 aliphatic heterocycles. The van der Waals surface area contributed by atoms with Crippen molar-refractivity contribution in [1.29, 1.82) is 0 Å². The van der Waals surface area contributed by atoms with Gasteiger partial charge in [0.1, 0.15) is 17.3 Å². The van der Waals surface area contributed by atoms with Crippen molar-refractivity contribution in [3.8, 4) is 11.5 Å². The predicted octanol–water partition coefficient (Wildman–Crippen LogP) is 6.18. The maximum Gasteiger partial charge on any atom is 0.234 e. The Morgan fingerprint density at radius 3 is 2.59 bits per heavy atom. The zero-order valence-electron chi connectivity index (χ0n) is 18.4. The first-order chi connectivity index (χ1) is 16.4. The van der Waals surface area contributed by atoms with Crippen LogP contribution in [0.4, 0.5) is 5.69 Å². The molecule has 1 N–H and O–H groups in total. The number of halogens is 3. The number of aromatic nitrogens is 3. The Morgan fingerprint density at radius 2 is 1.88 bits per heavy atom. The van der Waals surface area contributed by atoms with Crippen molar-refractivity contribution < 1.29 is 14.3 Å². The van der Waals surface area contributed by atoms with E-state index in [9.17, 15) is 4.79 Å². The van der Waals surface area contributed by atoms with Crippen LogP contribution in [0, 0.1) is 0 Å². The Morgan fingerprint density at radius 1 is 1.15 bits per heavy atom. The molecule has 0 saturated carbocycles. The summed E-state index contributed by atoms with van der Waals surface area (Å²) in [5.41, 5.74) is 0.509. The number of allylic oxidation sites excluding steroid dienone is 1. The standard InChI is InChI=1S/C23H23Cl3N4O3S/c1-3-10-30-21(5-4-11-33-19-8-6-15(24)12-17(19)26)28-29-23(30)34-14-22(31)27-18-13-16(25)7-9-20(18)32-2/h3,6-9,12-13H,1,4-5,10-11,14H2,2H3,(H,27,31). The highest BCUT2D eigenvalue weighted by Crippen LogP contribution is 2.29. The van der Waals surface area contributed by atoms with E-state index in [0.717, 1.165) is 5.82 Å². The number of hydrogen-bond acceptors (Lipinski definition) is 6. The van der Waals surface area contributed by atoms with E-state index < -0.39 is 0 Å². The second-order valence-corrected chi connectivity index (χ2v) is 9.23. The van der Waals surface area contributed by atoms with Gasteiger partial charge in [-0.3, -0.25) is 4.79 Å². The topological polar surface area (TPSA) is 78.3 Å². The van der Waals surface area contributed by atoms with Crippen LogP contribution in [0.15, 0.2) is 54.2 Å². The van der Waals surface area contributed by atoms with Gasteiger partial charge in [-0.1, -0.05) is 52.6 Å². The van der Waals surface area contributed by atoms with Crippen LogP contribution in [0.2, 0.25) is 15.1 Å². The van der Waals surface area contributed by atoms with Crippen molar-refractivity contribution in [3.05, 3.63) is 69.9 Å². The molecule has 3 aromatic rings. The number of rotatable bonds is 12. The van der Waals surface area contributed by atoms with Crippen molar-refractivity contribution in [3.63, 3.8) is 0 Å². The fraction of sp³-hybridized carbons (Fsp3) is 0.261. The van der Waals surface area contributed by atoms with E-state index in [1.54, 1.807) is 42.5 Å². The Kier molecular flexibility index (Phi) is 9.95. The van der Waals surface area contributed by atoms with Crippen LogP contribution >= 0.6 is 46.6 Å². The molecule has 11 heteroatoms. The van der Waals surface area contributed by atoms with Gasteiger partial charge in [0, 0.05) is 23.0 Å². The van der Waals surface area contributed by atoms with Crippen LogP contribution in [-0.2, 0) is 17.8 Å². The van der Waals surface area contributed by atoms with E-state index >= 15 is 0 Å². The van der Waals surface area contributed by atoms with Gasteiger partial charge in [-0.15, -0.1) is 16.8 Å². The number of methoxy groups -OCH3 is 1. The first-order valence-electron chi connectivity index (χ1n) is 10.3. The predicted molar refractivity (Wildman–Crippen MR) is 138 cm³/mol. The molecule has 0 fully saturated rings. The van der Waals surface area contributed by atoms with Crippen molar-refractivity contribution in [1.82, 2.24) is 14.8 Å². The van der Waals surface area contributed by atoms with E-state index in [2.05, 4.69) is 22.1 Å². The molecule has 1 heterocycles. The number of aryl methyl sites for hydroxylation is 1. The highest BCUT2D eigenvalue weighted by molar-refractivity contribution is 7.99. The Labute approximate surface area is 217 Å². The first-order valence-corrected chi connectivity index (χ1v) is 12.4. The molecule has 0 radical (unpaired) electrons. The molecule has 180 valence electrons. The fourth-order valence-corrected chi connectivity index (χ4v) is 4.42. The lowest BCUT2D eigenvalue weighted by atomic mass is 10.3. The second kappa shape index (κ2) is 12.9. The number of carbonyl (C=O) groups excluding carboxylic acids is 1. The molecule has 34 heavy (non-hydrogen) atoms. The molecule has 1 aromatic heterocycles. The summed E-state index contributed by atoms with van der Waals surface area (Å²) in [5, 5.41) is 13.5. The van der Waals surface area contributed by atoms with Crippen molar-refractivity contribution >= 4 is 58.2 Å². The molecule has 0 atom stereocenters. The minimum Gasteiger partial charge on any atom is -0.495 e. The summed E-state index contributed by atoms with van der Waals surface area (Å²) in [6.45, 7) is 4.79. The zero-order valence-corrected chi connectivity index (χ0v) is 21.5. The third kappa shape index (κ3) is 7.30. The molecule has 0 bridgehead atoms. The molecule has 0 aliphatic rings. The molecule has 0 unspecified atom stereocenters. The molecule has 3 rings (SSSR count). The van der Waals surface area contributed by atoms with E-state index in [-0.39, 0.29) is 11.7 Å². The quantitative estimate of drug-likeness (QED) is 0.168. The lowest BCUT2D eigenvalue weighted by molar-refractivity contribution is -0.113. The summed E-state index contributed by atoms with van der Waals surface area (Å²) in [6.07, 6.45) is 3.10. The zero-order chi connectivity index (χ0) is 24.5. The molecule has 0 spiro atoms. The van der Waals surface area contributed by atoms with Crippen molar-refractivity contribution in [2.24, 2.45) is 0 Å². The van der Waals surface area contributed by atoms with Gasteiger partial charge in [0.05, 0.1) is 30.2 Å². The lowest BCUT2D eigenvalue weighted by Crippen LogP contribution is -2.15. The average molecular weight is 542 g/mol. The van der Waals surface area contributed by atoms with Crippen LogP contribution in [0.3, 0.4) is 0 Å². The smallest absolute Gasteiger partial charge is 0.234 e. The molecule has 7 nitrogen and oxygen atoms in total. The summed E-state index contributed by atoms with van der Waals surface area (Å²) >= 11 is 19.4. The van der Waals surface area contributed by atoms with Crippen LogP contribution < -0.4 is 14.8 Å². The van der Waals surface area contributed by atoms with Gasteiger partial charge < -0.3 is 19.4 Å². The van der Waals surface area contributed by atoms with Gasteiger partial charge in [0.25, 0.3) is 0 Å². The van der Waals surface area contributed by atoms with E-state index in [1.165, 1.54) is 18.9 Å². The minimum absolute atomic E-state index is 0.142. The molecular formula is C23H23Cl3N4O3S. The number of nitrogens with zero attached hydrogens (tertiary/aromatic N) is 3. The largest absolute Gasteiger partial charge is 0.495 e. The summed E-state index contributed by atoms with van der Waals surface area (Å²) in [6, 6.07) is 10.1. The maximum absolute atomic E-state index is 12.5. The Bertz CT molecular complexity index is 1160.